The Morgan fingerprint density at radius 2 is 2.10 bits per heavy atom. The molecular formula is C14H24N6. The Morgan fingerprint density at radius 3 is 2.70 bits per heavy atom. The Labute approximate surface area is 120 Å². The van der Waals surface area contributed by atoms with Crippen LogP contribution in [0.15, 0.2) is 0 Å². The zero-order valence-electron chi connectivity index (χ0n) is 12.4. The first-order valence-corrected chi connectivity index (χ1v) is 7.29. The van der Waals surface area contributed by atoms with E-state index < -0.39 is 0 Å². The summed E-state index contributed by atoms with van der Waals surface area (Å²) in [6.45, 7) is 1.54. The SMILES string of the molecule is CN(C)CCn1nc(NC2CCCCC2)c(C#N)c1N. The van der Waals surface area contributed by atoms with Gasteiger partial charge in [-0.2, -0.15) is 10.4 Å². The number of likely N-dealkylation sites (N-methyl/N-ethyl adjacent to an activating group) is 1. The highest BCUT2D eigenvalue weighted by Crippen LogP contribution is 2.25. The van der Waals surface area contributed by atoms with E-state index in [9.17, 15) is 5.26 Å². The highest BCUT2D eigenvalue weighted by molar-refractivity contribution is 5.64. The Hall–Kier alpha value is -1.74. The molecule has 0 atom stereocenters. The summed E-state index contributed by atoms with van der Waals surface area (Å²) in [6, 6.07) is 2.60. The van der Waals surface area contributed by atoms with Crippen LogP contribution in [0.25, 0.3) is 0 Å². The van der Waals surface area contributed by atoms with E-state index in [2.05, 4.69) is 21.4 Å². The smallest absolute Gasteiger partial charge is 0.168 e. The highest BCUT2D eigenvalue weighted by atomic mass is 15.4. The number of nitriles is 1. The van der Waals surface area contributed by atoms with Crippen LogP contribution in [0.4, 0.5) is 11.6 Å². The predicted octanol–water partition coefficient (Wildman–Crippen LogP) is 1.64. The number of nitrogens with two attached hydrogens (primary N) is 1. The third-order valence-electron chi connectivity index (χ3n) is 3.81. The zero-order valence-corrected chi connectivity index (χ0v) is 12.4. The molecule has 1 aromatic heterocycles. The Balaban J connectivity index is 2.11. The van der Waals surface area contributed by atoms with Crippen LogP contribution in [-0.4, -0.2) is 41.4 Å². The van der Waals surface area contributed by atoms with Crippen LogP contribution in [-0.2, 0) is 6.54 Å². The summed E-state index contributed by atoms with van der Waals surface area (Å²) >= 11 is 0. The highest BCUT2D eigenvalue weighted by Gasteiger charge is 2.20. The van der Waals surface area contributed by atoms with Crippen LogP contribution in [0.3, 0.4) is 0 Å². The van der Waals surface area contributed by atoms with Crippen LogP contribution in [0, 0.1) is 11.3 Å². The van der Waals surface area contributed by atoms with Crippen molar-refractivity contribution in [3.8, 4) is 6.07 Å². The summed E-state index contributed by atoms with van der Waals surface area (Å²) in [5.74, 6) is 1.11. The van der Waals surface area contributed by atoms with Gasteiger partial charge in [-0.1, -0.05) is 19.3 Å². The lowest BCUT2D eigenvalue weighted by Gasteiger charge is -2.22. The van der Waals surface area contributed by atoms with Crippen molar-refractivity contribution in [2.45, 2.75) is 44.7 Å². The van der Waals surface area contributed by atoms with Gasteiger partial charge in [0.25, 0.3) is 0 Å². The fraction of sp³-hybridized carbons (Fsp3) is 0.714. The molecule has 0 saturated heterocycles. The third kappa shape index (κ3) is 3.42. The van der Waals surface area contributed by atoms with Crippen LogP contribution in [0.2, 0.25) is 0 Å². The largest absolute Gasteiger partial charge is 0.383 e. The summed E-state index contributed by atoms with van der Waals surface area (Å²) in [6.07, 6.45) is 6.10. The number of hydrogen-bond donors (Lipinski definition) is 2. The van der Waals surface area contributed by atoms with Gasteiger partial charge in [-0.05, 0) is 26.9 Å². The molecule has 1 aromatic rings. The number of nitrogen functional groups attached to an aromatic ring is 1. The minimum atomic E-state index is 0.424. The van der Waals surface area contributed by atoms with Crippen LogP contribution in [0.5, 0.6) is 0 Å². The molecule has 1 heterocycles. The minimum absolute atomic E-state index is 0.424. The average molecular weight is 276 g/mol. The zero-order chi connectivity index (χ0) is 14.5. The van der Waals surface area contributed by atoms with Crippen molar-refractivity contribution in [3.05, 3.63) is 5.56 Å². The van der Waals surface area contributed by atoms with Crippen molar-refractivity contribution in [3.63, 3.8) is 0 Å². The van der Waals surface area contributed by atoms with Gasteiger partial charge in [0.1, 0.15) is 17.5 Å². The maximum Gasteiger partial charge on any atom is 0.168 e. The monoisotopic (exact) mass is 276 g/mol. The number of aromatic nitrogens is 2. The molecule has 1 aliphatic carbocycles. The summed E-state index contributed by atoms with van der Waals surface area (Å²) < 4.78 is 1.73. The Kier molecular flexibility index (Phi) is 4.85. The van der Waals surface area contributed by atoms with Crippen LogP contribution in [0.1, 0.15) is 37.7 Å². The number of nitrogens with zero attached hydrogens (tertiary/aromatic N) is 4. The fourth-order valence-electron chi connectivity index (χ4n) is 2.59. The molecule has 3 N–H and O–H groups in total. The molecule has 6 heteroatoms. The van der Waals surface area contributed by atoms with Crippen molar-refractivity contribution in [2.75, 3.05) is 31.7 Å². The molecular weight excluding hydrogens is 252 g/mol. The van der Waals surface area contributed by atoms with Crippen molar-refractivity contribution in [2.24, 2.45) is 0 Å². The van der Waals surface area contributed by atoms with Crippen molar-refractivity contribution in [1.82, 2.24) is 14.7 Å². The molecule has 0 unspecified atom stereocenters. The second-order valence-corrected chi connectivity index (χ2v) is 5.73. The summed E-state index contributed by atoms with van der Waals surface area (Å²) in [7, 11) is 4.01. The van der Waals surface area contributed by atoms with E-state index in [0.717, 1.165) is 19.4 Å². The maximum absolute atomic E-state index is 9.29. The van der Waals surface area contributed by atoms with Gasteiger partial charge in [-0.15, -0.1) is 0 Å². The molecule has 20 heavy (non-hydrogen) atoms. The Bertz CT molecular complexity index is 479. The van der Waals surface area contributed by atoms with E-state index >= 15 is 0 Å². The van der Waals surface area contributed by atoms with Gasteiger partial charge >= 0.3 is 0 Å². The standard InChI is InChI=1S/C14H24N6/c1-19(2)8-9-20-13(16)12(10-15)14(18-20)17-11-6-4-3-5-7-11/h11H,3-9,16H2,1-2H3,(H,17,18). The molecule has 0 radical (unpaired) electrons. The summed E-state index contributed by atoms with van der Waals surface area (Å²) in [5.41, 5.74) is 6.51. The molecule has 1 saturated carbocycles. The lowest BCUT2D eigenvalue weighted by Crippen LogP contribution is -2.23. The minimum Gasteiger partial charge on any atom is -0.383 e. The van der Waals surface area contributed by atoms with E-state index in [0.29, 0.717) is 29.8 Å². The second kappa shape index (κ2) is 6.62. The van der Waals surface area contributed by atoms with E-state index in [-0.39, 0.29) is 0 Å². The van der Waals surface area contributed by atoms with Gasteiger partial charge in [0.05, 0.1) is 6.54 Å². The number of hydrogen-bond acceptors (Lipinski definition) is 5. The first-order chi connectivity index (χ1) is 9.61. The molecule has 110 valence electrons. The normalized spacial score (nSPS) is 16.3. The topological polar surface area (TPSA) is 82.9 Å². The molecule has 1 fully saturated rings. The van der Waals surface area contributed by atoms with Crippen molar-refractivity contribution >= 4 is 11.6 Å². The molecule has 0 aromatic carbocycles. The first kappa shape index (κ1) is 14.7. The number of anilines is 2. The Morgan fingerprint density at radius 1 is 1.40 bits per heavy atom. The molecule has 1 aliphatic rings. The molecule has 0 amide bonds. The van der Waals surface area contributed by atoms with Gasteiger partial charge in [-0.3, -0.25) is 0 Å². The molecule has 6 nitrogen and oxygen atoms in total. The number of nitrogens with one attached hydrogen (secondary N) is 1. The van der Waals surface area contributed by atoms with E-state index in [1.54, 1.807) is 4.68 Å². The van der Waals surface area contributed by atoms with Crippen molar-refractivity contribution in [1.29, 1.82) is 5.26 Å². The molecule has 0 spiro atoms. The quantitative estimate of drug-likeness (QED) is 0.854. The maximum atomic E-state index is 9.29. The van der Waals surface area contributed by atoms with E-state index in [1.807, 2.05) is 14.1 Å². The van der Waals surface area contributed by atoms with Gasteiger partial charge in [0.2, 0.25) is 0 Å². The van der Waals surface area contributed by atoms with Crippen molar-refractivity contribution < 1.29 is 0 Å². The molecule has 0 bridgehead atoms. The predicted molar refractivity (Wildman–Crippen MR) is 80.4 cm³/mol. The first-order valence-electron chi connectivity index (χ1n) is 7.29. The molecule has 2 rings (SSSR count). The second-order valence-electron chi connectivity index (χ2n) is 5.73. The lowest BCUT2D eigenvalue weighted by atomic mass is 9.95. The molecule has 0 aliphatic heterocycles. The third-order valence-corrected chi connectivity index (χ3v) is 3.81. The fourth-order valence-corrected chi connectivity index (χ4v) is 2.59. The van der Waals surface area contributed by atoms with E-state index in [1.165, 1.54) is 19.3 Å². The lowest BCUT2D eigenvalue weighted by molar-refractivity contribution is 0.375. The van der Waals surface area contributed by atoms with Crippen LogP contribution >= 0.6 is 0 Å². The van der Waals surface area contributed by atoms with Gasteiger partial charge in [0.15, 0.2) is 5.82 Å². The number of rotatable bonds is 5. The van der Waals surface area contributed by atoms with Crippen LogP contribution < -0.4 is 11.1 Å². The summed E-state index contributed by atoms with van der Waals surface area (Å²) in [4.78, 5) is 2.07. The van der Waals surface area contributed by atoms with Gasteiger partial charge < -0.3 is 16.0 Å². The summed E-state index contributed by atoms with van der Waals surface area (Å²) in [5, 5.41) is 17.2. The van der Waals surface area contributed by atoms with Gasteiger partial charge in [-0.25, -0.2) is 4.68 Å². The van der Waals surface area contributed by atoms with E-state index in [4.69, 9.17) is 5.73 Å². The average Bonchev–Trinajstić information content (AvgIpc) is 2.73. The van der Waals surface area contributed by atoms with Gasteiger partial charge in [0, 0.05) is 12.6 Å².